The van der Waals surface area contributed by atoms with E-state index in [2.05, 4.69) is 15.9 Å². The predicted octanol–water partition coefficient (Wildman–Crippen LogP) is 4.81. The van der Waals surface area contributed by atoms with E-state index in [0.29, 0.717) is 13.0 Å². The molecule has 0 aliphatic carbocycles. The van der Waals surface area contributed by atoms with Crippen molar-refractivity contribution in [3.63, 3.8) is 0 Å². The Morgan fingerprint density at radius 1 is 1.11 bits per heavy atom. The number of halogens is 4. The highest BCUT2D eigenvalue weighted by Crippen LogP contribution is 2.33. The molecule has 0 radical (unpaired) electrons. The summed E-state index contributed by atoms with van der Waals surface area (Å²) in [5.41, 5.74) is 0. The summed E-state index contributed by atoms with van der Waals surface area (Å²) in [5, 5.41) is -0.105. The fourth-order valence-corrected chi connectivity index (χ4v) is 2.07. The van der Waals surface area contributed by atoms with Crippen molar-refractivity contribution in [1.82, 2.24) is 0 Å². The SMILES string of the molecule is CCCOc1ccc2cc(Br)c(F)c(F)c2c1F. The van der Waals surface area contributed by atoms with Gasteiger partial charge in [-0.3, -0.25) is 0 Å². The van der Waals surface area contributed by atoms with Crippen molar-refractivity contribution in [2.75, 3.05) is 6.61 Å². The lowest BCUT2D eigenvalue weighted by Gasteiger charge is -2.09. The van der Waals surface area contributed by atoms with Gasteiger partial charge >= 0.3 is 0 Å². The van der Waals surface area contributed by atoms with Gasteiger partial charge in [0.25, 0.3) is 0 Å². The first-order chi connectivity index (χ1) is 8.56. The van der Waals surface area contributed by atoms with Crippen molar-refractivity contribution in [2.24, 2.45) is 0 Å². The Hall–Kier alpha value is -1.23. The molecule has 5 heteroatoms. The van der Waals surface area contributed by atoms with Crippen LogP contribution in [-0.2, 0) is 0 Å². The fraction of sp³-hybridized carbons (Fsp3) is 0.231. The number of fused-ring (bicyclic) bond motifs is 1. The Bertz CT molecular complexity index is 599. The Labute approximate surface area is 111 Å². The van der Waals surface area contributed by atoms with E-state index < -0.39 is 17.5 Å². The average Bonchev–Trinajstić information content (AvgIpc) is 2.35. The maximum Gasteiger partial charge on any atom is 0.175 e. The standard InChI is InChI=1S/C13H10BrF3O/c1-2-5-18-9-4-3-7-6-8(14)11(15)13(17)10(7)12(9)16/h3-4,6H,2,5H2,1H3. The van der Waals surface area contributed by atoms with Gasteiger partial charge in [0.15, 0.2) is 23.2 Å². The van der Waals surface area contributed by atoms with Crippen LogP contribution in [0.1, 0.15) is 13.3 Å². The highest BCUT2D eigenvalue weighted by molar-refractivity contribution is 9.10. The lowest BCUT2D eigenvalue weighted by Crippen LogP contribution is -1.99. The Kier molecular flexibility index (Phi) is 3.80. The van der Waals surface area contributed by atoms with Crippen molar-refractivity contribution in [3.05, 3.63) is 40.1 Å². The van der Waals surface area contributed by atoms with Crippen LogP contribution in [0, 0.1) is 17.5 Å². The van der Waals surface area contributed by atoms with Crippen LogP contribution < -0.4 is 4.74 Å². The Morgan fingerprint density at radius 3 is 2.50 bits per heavy atom. The first-order valence-electron chi connectivity index (χ1n) is 5.44. The molecule has 96 valence electrons. The van der Waals surface area contributed by atoms with E-state index >= 15 is 0 Å². The van der Waals surface area contributed by atoms with Crippen LogP contribution >= 0.6 is 15.9 Å². The van der Waals surface area contributed by atoms with Crippen LogP contribution in [0.3, 0.4) is 0 Å². The molecule has 0 saturated carbocycles. The molecule has 2 aromatic rings. The fourth-order valence-electron chi connectivity index (χ4n) is 1.65. The van der Waals surface area contributed by atoms with Crippen LogP contribution in [0.4, 0.5) is 13.2 Å². The minimum absolute atomic E-state index is 0.0332. The summed E-state index contributed by atoms with van der Waals surface area (Å²) in [7, 11) is 0. The van der Waals surface area contributed by atoms with Gasteiger partial charge in [0, 0.05) is 0 Å². The van der Waals surface area contributed by atoms with Crippen molar-refractivity contribution in [3.8, 4) is 5.75 Å². The molecule has 0 amide bonds. The van der Waals surface area contributed by atoms with Crippen LogP contribution in [0.5, 0.6) is 5.75 Å². The molecule has 0 N–H and O–H groups in total. The molecular formula is C13H10BrF3O. The van der Waals surface area contributed by atoms with Crippen LogP contribution in [0.2, 0.25) is 0 Å². The van der Waals surface area contributed by atoms with E-state index in [0.717, 1.165) is 0 Å². The maximum absolute atomic E-state index is 14.0. The quantitative estimate of drug-likeness (QED) is 0.738. The average molecular weight is 319 g/mol. The summed E-state index contributed by atoms with van der Waals surface area (Å²) in [5.74, 6) is -3.25. The first kappa shape index (κ1) is 13.2. The molecule has 2 aromatic carbocycles. The maximum atomic E-state index is 14.0. The second-order valence-corrected chi connectivity index (χ2v) is 4.66. The van der Waals surface area contributed by atoms with Gasteiger partial charge in [0.1, 0.15) is 0 Å². The molecule has 2 rings (SSSR count). The summed E-state index contributed by atoms with van der Waals surface area (Å²) < 4.78 is 46.2. The molecule has 0 bridgehead atoms. The van der Waals surface area contributed by atoms with Gasteiger partial charge in [0.2, 0.25) is 0 Å². The van der Waals surface area contributed by atoms with Gasteiger partial charge in [0.05, 0.1) is 16.5 Å². The molecule has 0 aliphatic rings. The highest BCUT2D eigenvalue weighted by Gasteiger charge is 2.18. The number of ether oxygens (including phenoxy) is 1. The molecule has 0 fully saturated rings. The van der Waals surface area contributed by atoms with Crippen LogP contribution in [-0.4, -0.2) is 6.61 Å². The number of hydrogen-bond acceptors (Lipinski definition) is 1. The summed E-state index contributed by atoms with van der Waals surface area (Å²) in [4.78, 5) is 0. The minimum Gasteiger partial charge on any atom is -0.491 e. The normalized spacial score (nSPS) is 10.9. The first-order valence-corrected chi connectivity index (χ1v) is 6.24. The summed E-state index contributed by atoms with van der Waals surface area (Å²) in [6.07, 6.45) is 0.703. The Balaban J connectivity index is 2.66. The topological polar surface area (TPSA) is 9.23 Å². The minimum atomic E-state index is -1.21. The third-order valence-corrected chi connectivity index (χ3v) is 3.08. The third-order valence-electron chi connectivity index (χ3n) is 2.50. The number of hydrogen-bond donors (Lipinski definition) is 0. The van der Waals surface area contributed by atoms with Crippen molar-refractivity contribution >= 4 is 26.7 Å². The van der Waals surface area contributed by atoms with E-state index in [1.54, 1.807) is 0 Å². The van der Waals surface area contributed by atoms with Gasteiger partial charge in [-0.15, -0.1) is 0 Å². The summed E-state index contributed by atoms with van der Waals surface area (Å²) in [6.45, 7) is 2.19. The lowest BCUT2D eigenvalue weighted by molar-refractivity contribution is 0.302. The van der Waals surface area contributed by atoms with Crippen LogP contribution in [0.15, 0.2) is 22.7 Å². The lowest BCUT2D eigenvalue weighted by atomic mass is 10.1. The highest BCUT2D eigenvalue weighted by atomic mass is 79.9. The molecular weight excluding hydrogens is 309 g/mol. The second-order valence-electron chi connectivity index (χ2n) is 3.81. The van der Waals surface area contributed by atoms with E-state index in [4.69, 9.17) is 4.74 Å². The summed E-state index contributed by atoms with van der Waals surface area (Å²) in [6, 6.07) is 4.24. The largest absolute Gasteiger partial charge is 0.491 e. The van der Waals surface area contributed by atoms with E-state index in [1.807, 2.05) is 6.92 Å². The molecule has 0 atom stereocenters. The molecule has 18 heavy (non-hydrogen) atoms. The Morgan fingerprint density at radius 2 is 1.83 bits per heavy atom. The molecule has 0 heterocycles. The van der Waals surface area contributed by atoms with Gasteiger partial charge in [-0.2, -0.15) is 0 Å². The van der Waals surface area contributed by atoms with Gasteiger partial charge in [-0.25, -0.2) is 13.2 Å². The van der Waals surface area contributed by atoms with Gasteiger partial charge in [-0.1, -0.05) is 13.0 Å². The van der Waals surface area contributed by atoms with E-state index in [9.17, 15) is 13.2 Å². The molecule has 0 saturated heterocycles. The molecule has 0 unspecified atom stereocenters. The molecule has 1 nitrogen and oxygen atoms in total. The molecule has 0 aromatic heterocycles. The zero-order chi connectivity index (χ0) is 13.3. The van der Waals surface area contributed by atoms with E-state index in [-0.39, 0.29) is 21.0 Å². The molecule has 0 spiro atoms. The summed E-state index contributed by atoms with van der Waals surface area (Å²) >= 11 is 2.88. The number of rotatable bonds is 3. The second kappa shape index (κ2) is 5.18. The third kappa shape index (κ3) is 2.19. The van der Waals surface area contributed by atoms with Crippen molar-refractivity contribution < 1.29 is 17.9 Å². The van der Waals surface area contributed by atoms with Gasteiger partial charge < -0.3 is 4.74 Å². The number of benzene rings is 2. The predicted molar refractivity (Wildman–Crippen MR) is 67.3 cm³/mol. The zero-order valence-electron chi connectivity index (χ0n) is 9.57. The van der Waals surface area contributed by atoms with E-state index in [1.165, 1.54) is 18.2 Å². The monoisotopic (exact) mass is 318 g/mol. The van der Waals surface area contributed by atoms with Crippen LogP contribution in [0.25, 0.3) is 10.8 Å². The van der Waals surface area contributed by atoms with Crippen molar-refractivity contribution in [2.45, 2.75) is 13.3 Å². The van der Waals surface area contributed by atoms with Crippen molar-refractivity contribution in [1.29, 1.82) is 0 Å². The smallest absolute Gasteiger partial charge is 0.175 e. The van der Waals surface area contributed by atoms with Gasteiger partial charge in [-0.05, 0) is 39.9 Å². The zero-order valence-corrected chi connectivity index (χ0v) is 11.2. The molecule has 0 aliphatic heterocycles.